The lowest BCUT2D eigenvalue weighted by atomic mass is 9.88. The normalized spacial score (nSPS) is 42.5. The summed E-state index contributed by atoms with van der Waals surface area (Å²) >= 11 is 0. The van der Waals surface area contributed by atoms with Crippen LogP contribution in [0.25, 0.3) is 0 Å². The van der Waals surface area contributed by atoms with E-state index in [2.05, 4.69) is 0 Å². The Labute approximate surface area is 79.6 Å². The highest BCUT2D eigenvalue weighted by Gasteiger charge is 2.45. The molecule has 1 saturated carbocycles. The summed E-state index contributed by atoms with van der Waals surface area (Å²) in [7, 11) is 0. The SMILES string of the molecule is C1CC2(CCO1)CC[C@@H]1C[C@@H]1CO2. The molecule has 2 heterocycles. The van der Waals surface area contributed by atoms with E-state index >= 15 is 0 Å². The lowest BCUT2D eigenvalue weighted by molar-refractivity contribution is -0.113. The fraction of sp³-hybridized carbons (Fsp3) is 1.00. The van der Waals surface area contributed by atoms with Gasteiger partial charge in [0.2, 0.25) is 0 Å². The summed E-state index contributed by atoms with van der Waals surface area (Å²) in [5, 5.41) is 0. The molecule has 3 aliphatic rings. The van der Waals surface area contributed by atoms with E-state index in [1.165, 1.54) is 19.3 Å². The summed E-state index contributed by atoms with van der Waals surface area (Å²) in [5.74, 6) is 1.93. The Balaban J connectivity index is 1.68. The van der Waals surface area contributed by atoms with Crippen LogP contribution in [0.2, 0.25) is 0 Å². The van der Waals surface area contributed by atoms with E-state index in [9.17, 15) is 0 Å². The van der Waals surface area contributed by atoms with Gasteiger partial charge in [0.1, 0.15) is 0 Å². The Hall–Kier alpha value is -0.0800. The van der Waals surface area contributed by atoms with Gasteiger partial charge in [-0.05, 0) is 43.9 Å². The second-order valence-corrected chi connectivity index (χ2v) is 4.90. The van der Waals surface area contributed by atoms with E-state index in [0.717, 1.165) is 44.5 Å². The summed E-state index contributed by atoms with van der Waals surface area (Å²) in [6.07, 6.45) is 6.40. The monoisotopic (exact) mass is 182 g/mol. The minimum atomic E-state index is 0.228. The van der Waals surface area contributed by atoms with Crippen LogP contribution >= 0.6 is 0 Å². The van der Waals surface area contributed by atoms with Crippen LogP contribution in [-0.2, 0) is 9.47 Å². The quantitative estimate of drug-likeness (QED) is 0.570. The molecule has 0 bridgehead atoms. The van der Waals surface area contributed by atoms with Gasteiger partial charge < -0.3 is 9.47 Å². The van der Waals surface area contributed by atoms with Crippen molar-refractivity contribution < 1.29 is 9.47 Å². The van der Waals surface area contributed by atoms with Gasteiger partial charge in [-0.2, -0.15) is 0 Å². The van der Waals surface area contributed by atoms with E-state index < -0.39 is 0 Å². The maximum Gasteiger partial charge on any atom is 0.0726 e. The molecule has 1 aliphatic carbocycles. The molecule has 0 N–H and O–H groups in total. The summed E-state index contributed by atoms with van der Waals surface area (Å²) in [5.41, 5.74) is 0.228. The van der Waals surface area contributed by atoms with Crippen LogP contribution in [-0.4, -0.2) is 25.4 Å². The third kappa shape index (κ3) is 1.50. The molecule has 0 aromatic carbocycles. The van der Waals surface area contributed by atoms with Crippen LogP contribution < -0.4 is 0 Å². The Morgan fingerprint density at radius 1 is 1.00 bits per heavy atom. The minimum absolute atomic E-state index is 0.228. The summed E-state index contributed by atoms with van der Waals surface area (Å²) in [6.45, 7) is 2.86. The Kier molecular flexibility index (Phi) is 1.88. The van der Waals surface area contributed by atoms with Gasteiger partial charge in [-0.25, -0.2) is 0 Å². The third-order valence-corrected chi connectivity index (χ3v) is 4.05. The van der Waals surface area contributed by atoms with Crippen LogP contribution in [0.15, 0.2) is 0 Å². The van der Waals surface area contributed by atoms with Gasteiger partial charge in [-0.1, -0.05) is 0 Å². The molecule has 0 amide bonds. The first-order valence-corrected chi connectivity index (χ1v) is 5.60. The van der Waals surface area contributed by atoms with Crippen molar-refractivity contribution in [3.05, 3.63) is 0 Å². The maximum atomic E-state index is 6.11. The lowest BCUT2D eigenvalue weighted by Crippen LogP contribution is -2.39. The summed E-state index contributed by atoms with van der Waals surface area (Å²) < 4.78 is 11.5. The first-order chi connectivity index (χ1) is 6.38. The van der Waals surface area contributed by atoms with Gasteiger partial charge in [-0.3, -0.25) is 0 Å². The van der Waals surface area contributed by atoms with Crippen LogP contribution in [0.3, 0.4) is 0 Å². The Morgan fingerprint density at radius 2 is 1.85 bits per heavy atom. The number of ether oxygens (including phenoxy) is 2. The van der Waals surface area contributed by atoms with Crippen LogP contribution in [0.5, 0.6) is 0 Å². The molecule has 2 heteroatoms. The van der Waals surface area contributed by atoms with E-state index in [1.54, 1.807) is 0 Å². The predicted octanol–water partition coefficient (Wildman–Crippen LogP) is 1.98. The molecule has 0 unspecified atom stereocenters. The first kappa shape index (κ1) is 8.25. The van der Waals surface area contributed by atoms with Crippen molar-refractivity contribution in [2.75, 3.05) is 19.8 Å². The lowest BCUT2D eigenvalue weighted by Gasteiger charge is -2.36. The molecule has 2 nitrogen and oxygen atoms in total. The van der Waals surface area contributed by atoms with Crippen molar-refractivity contribution in [3.8, 4) is 0 Å². The molecule has 74 valence electrons. The van der Waals surface area contributed by atoms with Crippen LogP contribution in [0.1, 0.15) is 32.1 Å². The molecule has 1 spiro atoms. The van der Waals surface area contributed by atoms with E-state index in [4.69, 9.17) is 9.47 Å². The molecule has 0 radical (unpaired) electrons. The third-order valence-electron chi connectivity index (χ3n) is 4.05. The summed E-state index contributed by atoms with van der Waals surface area (Å²) in [4.78, 5) is 0. The zero-order valence-electron chi connectivity index (χ0n) is 8.13. The number of hydrogen-bond acceptors (Lipinski definition) is 2. The molecule has 3 rings (SSSR count). The number of hydrogen-bond donors (Lipinski definition) is 0. The van der Waals surface area contributed by atoms with Gasteiger partial charge in [-0.15, -0.1) is 0 Å². The standard InChI is InChI=1S/C11H18O2/c1-2-11(3-5-12-6-4-11)13-8-10-7-9(1)10/h9-10H,1-8H2/t9-,10-/m1/s1. The highest BCUT2D eigenvalue weighted by Crippen LogP contribution is 2.48. The van der Waals surface area contributed by atoms with E-state index in [1.807, 2.05) is 0 Å². The Bertz CT molecular complexity index is 182. The van der Waals surface area contributed by atoms with Crippen LogP contribution in [0.4, 0.5) is 0 Å². The van der Waals surface area contributed by atoms with Crippen molar-refractivity contribution in [3.63, 3.8) is 0 Å². The maximum absolute atomic E-state index is 6.11. The van der Waals surface area contributed by atoms with Crippen molar-refractivity contribution in [2.45, 2.75) is 37.7 Å². The predicted molar refractivity (Wildman–Crippen MR) is 49.6 cm³/mol. The smallest absolute Gasteiger partial charge is 0.0726 e. The second kappa shape index (κ2) is 2.96. The zero-order chi connectivity index (χ0) is 8.73. The number of fused-ring (bicyclic) bond motifs is 1. The minimum Gasteiger partial charge on any atom is -0.381 e. The highest BCUT2D eigenvalue weighted by atomic mass is 16.5. The van der Waals surface area contributed by atoms with Gasteiger partial charge in [0.15, 0.2) is 0 Å². The number of rotatable bonds is 0. The van der Waals surface area contributed by atoms with Crippen LogP contribution in [0, 0.1) is 11.8 Å². The molecule has 0 aromatic heterocycles. The fourth-order valence-corrected chi connectivity index (χ4v) is 2.81. The highest BCUT2D eigenvalue weighted by molar-refractivity contribution is 4.94. The topological polar surface area (TPSA) is 18.5 Å². The first-order valence-electron chi connectivity index (χ1n) is 5.60. The van der Waals surface area contributed by atoms with Crippen molar-refractivity contribution in [1.29, 1.82) is 0 Å². The average Bonchev–Trinajstić information content (AvgIpc) is 2.92. The molecular formula is C11H18O2. The van der Waals surface area contributed by atoms with Gasteiger partial charge in [0, 0.05) is 13.2 Å². The van der Waals surface area contributed by atoms with Gasteiger partial charge >= 0.3 is 0 Å². The summed E-state index contributed by atoms with van der Waals surface area (Å²) in [6, 6.07) is 0. The molecule has 0 aromatic rings. The second-order valence-electron chi connectivity index (χ2n) is 4.90. The molecule has 2 aliphatic heterocycles. The molecule has 2 saturated heterocycles. The molecule has 2 atom stereocenters. The molecular weight excluding hydrogens is 164 g/mol. The molecule has 13 heavy (non-hydrogen) atoms. The largest absolute Gasteiger partial charge is 0.381 e. The fourth-order valence-electron chi connectivity index (χ4n) is 2.81. The van der Waals surface area contributed by atoms with Gasteiger partial charge in [0.25, 0.3) is 0 Å². The van der Waals surface area contributed by atoms with E-state index in [0.29, 0.717) is 0 Å². The van der Waals surface area contributed by atoms with Crippen molar-refractivity contribution >= 4 is 0 Å². The van der Waals surface area contributed by atoms with E-state index in [-0.39, 0.29) is 5.60 Å². The van der Waals surface area contributed by atoms with Gasteiger partial charge in [0.05, 0.1) is 12.2 Å². The molecule has 3 fully saturated rings. The van der Waals surface area contributed by atoms with Crippen molar-refractivity contribution in [1.82, 2.24) is 0 Å². The average molecular weight is 182 g/mol. The Morgan fingerprint density at radius 3 is 2.69 bits per heavy atom. The zero-order valence-corrected chi connectivity index (χ0v) is 8.13. The van der Waals surface area contributed by atoms with Crippen molar-refractivity contribution in [2.24, 2.45) is 11.8 Å².